The van der Waals surface area contributed by atoms with E-state index in [1.54, 1.807) is 0 Å². The van der Waals surface area contributed by atoms with E-state index in [0.29, 0.717) is 0 Å². The highest BCUT2D eigenvalue weighted by Crippen LogP contribution is 2.32. The summed E-state index contributed by atoms with van der Waals surface area (Å²) in [7, 11) is 0. The zero-order chi connectivity index (χ0) is 6.85. The number of rotatable bonds is 0. The molecule has 0 aliphatic heterocycles. The summed E-state index contributed by atoms with van der Waals surface area (Å²) in [5, 5.41) is 0. The summed E-state index contributed by atoms with van der Waals surface area (Å²) in [5.74, 6) is 2.96. The summed E-state index contributed by atoms with van der Waals surface area (Å²) in [6.07, 6.45) is 4.38. The Morgan fingerprint density at radius 2 is 1.45 bits per heavy atom. The van der Waals surface area contributed by atoms with Crippen molar-refractivity contribution in [1.29, 1.82) is 0 Å². The van der Waals surface area contributed by atoms with Crippen LogP contribution in [0.25, 0.3) is 0 Å². The Morgan fingerprint density at radius 3 is 1.82 bits per heavy atom. The molecule has 0 amide bonds. The van der Waals surface area contributed by atoms with Gasteiger partial charge in [-0.1, -0.05) is 33.6 Å². The van der Waals surface area contributed by atoms with Crippen LogP contribution in [-0.2, 0) is 0 Å². The molecule has 11 heavy (non-hydrogen) atoms. The first-order chi connectivity index (χ1) is 4.20. The van der Waals surface area contributed by atoms with Gasteiger partial charge in [-0.2, -0.15) is 0 Å². The van der Waals surface area contributed by atoms with E-state index in [-0.39, 0.29) is 10.2 Å². The fourth-order valence-electron chi connectivity index (χ4n) is 1.82. The van der Waals surface area contributed by atoms with Gasteiger partial charge in [0.15, 0.2) is 0 Å². The Kier molecular flexibility index (Phi) is 6.77. The summed E-state index contributed by atoms with van der Waals surface area (Å²) in [5.41, 5.74) is 0. The summed E-state index contributed by atoms with van der Waals surface area (Å²) >= 11 is 0. The number of halogens is 1. The van der Waals surface area contributed by atoms with Crippen molar-refractivity contribution < 1.29 is 10.2 Å². The second-order valence-electron chi connectivity index (χ2n) is 3.87. The SMILES string of the molecule is CC1CCC(C)C(C)C1.F.O. The second-order valence-corrected chi connectivity index (χ2v) is 3.87. The second kappa shape index (κ2) is 5.53. The highest BCUT2D eigenvalue weighted by Gasteiger charge is 2.20. The van der Waals surface area contributed by atoms with Crippen molar-refractivity contribution >= 4 is 0 Å². The lowest BCUT2D eigenvalue weighted by molar-refractivity contribution is 0.220. The fourth-order valence-corrected chi connectivity index (χ4v) is 1.82. The molecule has 0 aromatic heterocycles. The van der Waals surface area contributed by atoms with Gasteiger partial charge < -0.3 is 5.48 Å². The monoisotopic (exact) mass is 164 g/mol. The Bertz CT molecular complexity index is 95.6. The Labute approximate surface area is 68.9 Å². The molecule has 0 aromatic carbocycles. The fraction of sp³-hybridized carbons (Fsp3) is 1.00. The van der Waals surface area contributed by atoms with Crippen molar-refractivity contribution in [3.63, 3.8) is 0 Å². The topological polar surface area (TPSA) is 31.5 Å². The van der Waals surface area contributed by atoms with Gasteiger partial charge in [-0.25, -0.2) is 0 Å². The van der Waals surface area contributed by atoms with Crippen molar-refractivity contribution in [2.45, 2.75) is 40.0 Å². The van der Waals surface area contributed by atoms with Gasteiger partial charge in [-0.15, -0.1) is 0 Å². The third-order valence-electron chi connectivity index (χ3n) is 2.86. The smallest absolute Gasteiger partial charge is 0.0414 e. The average molecular weight is 164 g/mol. The van der Waals surface area contributed by atoms with E-state index in [4.69, 9.17) is 0 Å². The minimum atomic E-state index is 0. The quantitative estimate of drug-likeness (QED) is 0.526. The molecule has 1 saturated carbocycles. The summed E-state index contributed by atoms with van der Waals surface area (Å²) in [4.78, 5) is 0. The van der Waals surface area contributed by atoms with Crippen LogP contribution in [0.5, 0.6) is 0 Å². The van der Waals surface area contributed by atoms with Crippen LogP contribution in [0.1, 0.15) is 40.0 Å². The maximum atomic E-state index is 2.39. The molecule has 2 heteroatoms. The van der Waals surface area contributed by atoms with Gasteiger partial charge in [0.25, 0.3) is 0 Å². The zero-order valence-corrected chi connectivity index (χ0v) is 7.76. The van der Waals surface area contributed by atoms with E-state index in [0.717, 1.165) is 17.8 Å². The van der Waals surface area contributed by atoms with Gasteiger partial charge in [0.1, 0.15) is 0 Å². The molecule has 0 heterocycles. The minimum Gasteiger partial charge on any atom is -0.412 e. The lowest BCUT2D eigenvalue weighted by Gasteiger charge is -2.29. The molecule has 70 valence electrons. The van der Waals surface area contributed by atoms with Crippen molar-refractivity contribution in [1.82, 2.24) is 0 Å². The van der Waals surface area contributed by atoms with Crippen LogP contribution in [0.4, 0.5) is 4.70 Å². The molecule has 3 atom stereocenters. The van der Waals surface area contributed by atoms with Gasteiger partial charge in [0.05, 0.1) is 0 Å². The van der Waals surface area contributed by atoms with E-state index in [1.165, 1.54) is 19.3 Å². The molecule has 0 bridgehead atoms. The molecular formula is C9H21FO. The van der Waals surface area contributed by atoms with E-state index in [9.17, 15) is 0 Å². The van der Waals surface area contributed by atoms with Gasteiger partial charge in [-0.3, -0.25) is 4.70 Å². The lowest BCUT2D eigenvalue weighted by Crippen LogP contribution is -2.18. The first kappa shape index (κ1) is 13.5. The van der Waals surface area contributed by atoms with E-state index in [1.807, 2.05) is 0 Å². The largest absolute Gasteiger partial charge is 0.412 e. The van der Waals surface area contributed by atoms with Crippen LogP contribution in [0.15, 0.2) is 0 Å². The maximum absolute atomic E-state index is 2.39. The Hall–Kier alpha value is -0.110. The van der Waals surface area contributed by atoms with E-state index >= 15 is 0 Å². The highest BCUT2D eigenvalue weighted by atomic mass is 19.0. The molecule has 0 spiro atoms. The van der Waals surface area contributed by atoms with Gasteiger partial charge in [-0.05, 0) is 24.2 Å². The normalized spacial score (nSPS) is 36.8. The first-order valence-corrected chi connectivity index (χ1v) is 4.20. The van der Waals surface area contributed by atoms with Crippen molar-refractivity contribution in [2.24, 2.45) is 17.8 Å². The van der Waals surface area contributed by atoms with E-state index in [2.05, 4.69) is 20.8 Å². The molecular weight excluding hydrogens is 143 g/mol. The van der Waals surface area contributed by atoms with Crippen LogP contribution in [0.3, 0.4) is 0 Å². The van der Waals surface area contributed by atoms with Gasteiger partial charge in [0.2, 0.25) is 0 Å². The van der Waals surface area contributed by atoms with Crippen LogP contribution < -0.4 is 0 Å². The molecule has 3 unspecified atom stereocenters. The molecule has 1 nitrogen and oxygen atoms in total. The molecule has 0 saturated heterocycles. The predicted octanol–water partition coefficient (Wildman–Crippen LogP) is 2.41. The van der Waals surface area contributed by atoms with Crippen LogP contribution in [-0.4, -0.2) is 5.48 Å². The predicted molar refractivity (Wildman–Crippen MR) is 47.5 cm³/mol. The lowest BCUT2D eigenvalue weighted by atomic mass is 9.77. The molecule has 1 aliphatic carbocycles. The average Bonchev–Trinajstić information content (AvgIpc) is 1.80. The Balaban J connectivity index is 0. The summed E-state index contributed by atoms with van der Waals surface area (Å²) < 4.78 is 0. The van der Waals surface area contributed by atoms with Crippen LogP contribution in [0, 0.1) is 17.8 Å². The summed E-state index contributed by atoms with van der Waals surface area (Å²) in [6, 6.07) is 0. The first-order valence-electron chi connectivity index (χ1n) is 4.20. The Morgan fingerprint density at radius 1 is 0.909 bits per heavy atom. The molecule has 1 rings (SSSR count). The summed E-state index contributed by atoms with van der Waals surface area (Å²) in [6.45, 7) is 7.15. The van der Waals surface area contributed by atoms with Gasteiger partial charge >= 0.3 is 0 Å². The van der Waals surface area contributed by atoms with Gasteiger partial charge in [0, 0.05) is 0 Å². The van der Waals surface area contributed by atoms with Crippen LogP contribution >= 0.6 is 0 Å². The van der Waals surface area contributed by atoms with Crippen molar-refractivity contribution in [2.75, 3.05) is 0 Å². The molecule has 1 fully saturated rings. The molecule has 2 N–H and O–H groups in total. The third-order valence-corrected chi connectivity index (χ3v) is 2.86. The molecule has 0 radical (unpaired) electrons. The number of hydrogen-bond acceptors (Lipinski definition) is 0. The van der Waals surface area contributed by atoms with E-state index < -0.39 is 0 Å². The third kappa shape index (κ3) is 3.71. The van der Waals surface area contributed by atoms with Crippen molar-refractivity contribution in [3.8, 4) is 0 Å². The highest BCUT2D eigenvalue weighted by molar-refractivity contribution is 4.72. The minimum absolute atomic E-state index is 0. The zero-order valence-electron chi connectivity index (χ0n) is 7.76. The van der Waals surface area contributed by atoms with Crippen LogP contribution in [0.2, 0.25) is 0 Å². The maximum Gasteiger partial charge on any atom is -0.0414 e. The molecule has 0 aromatic rings. The van der Waals surface area contributed by atoms with Crippen molar-refractivity contribution in [3.05, 3.63) is 0 Å². The number of hydrogen-bond donors (Lipinski definition) is 0. The molecule has 1 aliphatic rings. The standard InChI is InChI=1S/C9H18.FH.H2O/c1-7-4-5-8(2)9(3)6-7;;/h7-9H,4-6H2,1-3H3;1H;1H2.